The lowest BCUT2D eigenvalue weighted by Crippen LogP contribution is -2.50. The lowest BCUT2D eigenvalue weighted by molar-refractivity contribution is 0.158. The van der Waals surface area contributed by atoms with E-state index in [0.717, 1.165) is 44.9 Å². The van der Waals surface area contributed by atoms with Crippen molar-refractivity contribution in [3.05, 3.63) is 0 Å². The molecule has 0 radical (unpaired) electrons. The van der Waals surface area contributed by atoms with Crippen LogP contribution in [0, 0.1) is 23.2 Å². The van der Waals surface area contributed by atoms with Crippen LogP contribution in [0.25, 0.3) is 0 Å². The van der Waals surface area contributed by atoms with Gasteiger partial charge in [0.2, 0.25) is 10.0 Å². The number of hydrogen-bond acceptors (Lipinski definition) is 4. The number of likely N-dealkylation sites (N-methyl/N-ethyl adjacent to an activating group) is 1. The fraction of sp³-hybridized carbons (Fsp3) is 0.900. The molecule has 5 atom stereocenters. The van der Waals surface area contributed by atoms with Crippen molar-refractivity contribution in [2.45, 2.75) is 87.6 Å². The molecular formula is C20H32N4O3S. The summed E-state index contributed by atoms with van der Waals surface area (Å²) in [5.74, 6) is 0.494. The number of carbonyl (C=O) groups excluding carboxylic acids is 1. The summed E-state index contributed by atoms with van der Waals surface area (Å²) in [4.78, 5) is 16.7. The molecule has 3 aliphatic carbocycles. The Morgan fingerprint density at radius 2 is 1.93 bits per heavy atom. The van der Waals surface area contributed by atoms with Gasteiger partial charge in [-0.25, -0.2) is 17.9 Å². The number of amides is 2. The van der Waals surface area contributed by atoms with Crippen LogP contribution >= 0.6 is 0 Å². The van der Waals surface area contributed by atoms with Crippen molar-refractivity contribution in [2.24, 2.45) is 11.8 Å². The highest BCUT2D eigenvalue weighted by atomic mass is 32.2. The fourth-order valence-electron chi connectivity index (χ4n) is 5.42. The number of sulfonamides is 1. The second kappa shape index (κ2) is 7.17. The highest BCUT2D eigenvalue weighted by Crippen LogP contribution is 2.40. The molecule has 0 aromatic carbocycles. The van der Waals surface area contributed by atoms with Gasteiger partial charge in [0.15, 0.2) is 0 Å². The summed E-state index contributed by atoms with van der Waals surface area (Å²) in [6.07, 6.45) is 7.64. The van der Waals surface area contributed by atoms with E-state index < -0.39 is 15.3 Å². The van der Waals surface area contributed by atoms with E-state index in [2.05, 4.69) is 10.8 Å². The van der Waals surface area contributed by atoms with E-state index >= 15 is 0 Å². The second-order valence-corrected chi connectivity index (χ2v) is 11.6. The normalized spacial score (nSPS) is 37.5. The Morgan fingerprint density at radius 3 is 2.61 bits per heavy atom. The van der Waals surface area contributed by atoms with Gasteiger partial charge in [0.25, 0.3) is 0 Å². The van der Waals surface area contributed by atoms with Gasteiger partial charge in [-0.15, -0.1) is 0 Å². The predicted molar refractivity (Wildman–Crippen MR) is 106 cm³/mol. The Hall–Kier alpha value is -1.33. The highest BCUT2D eigenvalue weighted by molar-refractivity contribution is 7.90. The molecule has 5 unspecified atom stereocenters. The molecule has 156 valence electrons. The number of fused-ring (bicyclic) bond motifs is 1. The smallest absolute Gasteiger partial charge is 0.320 e. The molecule has 3 saturated carbocycles. The van der Waals surface area contributed by atoms with E-state index in [4.69, 9.17) is 0 Å². The maximum Gasteiger partial charge on any atom is 0.320 e. The van der Waals surface area contributed by atoms with Crippen molar-refractivity contribution in [3.8, 4) is 6.07 Å². The third-order valence-electron chi connectivity index (χ3n) is 7.43. The van der Waals surface area contributed by atoms with Gasteiger partial charge in [-0.1, -0.05) is 6.42 Å². The van der Waals surface area contributed by atoms with E-state index in [-0.39, 0.29) is 29.6 Å². The summed E-state index contributed by atoms with van der Waals surface area (Å²) in [6.45, 7) is 2.66. The Bertz CT molecular complexity index is 773. The third kappa shape index (κ3) is 3.76. The summed E-state index contributed by atoms with van der Waals surface area (Å²) in [6, 6.07) is 2.48. The van der Waals surface area contributed by atoms with Crippen LogP contribution in [0.5, 0.6) is 0 Å². The molecule has 4 fully saturated rings. The van der Waals surface area contributed by atoms with E-state index in [9.17, 15) is 18.5 Å². The number of carbonyl (C=O) groups is 1. The second-order valence-electron chi connectivity index (χ2n) is 9.68. The van der Waals surface area contributed by atoms with Crippen LogP contribution < -0.4 is 4.72 Å². The SMILES string of the molecule is CN1C(=O)N(CC2CCCC(C#N)C2)C2CCC(S(=O)(=O)NC3(C)CC3)CC21. The Labute approximate surface area is 168 Å². The maximum absolute atomic E-state index is 12.9. The summed E-state index contributed by atoms with van der Waals surface area (Å²) in [5, 5.41) is 8.82. The maximum atomic E-state index is 12.9. The van der Waals surface area contributed by atoms with Crippen LogP contribution in [0.4, 0.5) is 4.79 Å². The van der Waals surface area contributed by atoms with Crippen LogP contribution in [0.2, 0.25) is 0 Å². The molecule has 0 bridgehead atoms. The average molecular weight is 409 g/mol. The minimum Gasteiger partial charge on any atom is -0.323 e. The standard InChI is InChI=1S/C20H32N4O3S/c1-20(8-9-20)22-28(26,27)16-6-7-17-18(11-16)23(2)19(25)24(17)13-15-5-3-4-14(10-15)12-21/h14-18,22H,3-11,13H2,1-2H3. The highest BCUT2D eigenvalue weighted by Gasteiger charge is 2.51. The topological polar surface area (TPSA) is 93.5 Å². The van der Waals surface area contributed by atoms with Gasteiger partial charge in [-0.05, 0) is 64.2 Å². The predicted octanol–water partition coefficient (Wildman–Crippen LogP) is 2.45. The van der Waals surface area contributed by atoms with Crippen LogP contribution in [0.3, 0.4) is 0 Å². The van der Waals surface area contributed by atoms with Crippen molar-refractivity contribution >= 4 is 16.1 Å². The molecule has 0 aromatic heterocycles. The Morgan fingerprint density at radius 1 is 1.18 bits per heavy atom. The molecule has 4 aliphatic rings. The first kappa shape index (κ1) is 20.0. The molecule has 0 aromatic rings. The van der Waals surface area contributed by atoms with Gasteiger partial charge in [0.1, 0.15) is 0 Å². The first-order valence-corrected chi connectivity index (χ1v) is 12.2. The Balaban J connectivity index is 1.42. The van der Waals surface area contributed by atoms with Crippen LogP contribution in [-0.2, 0) is 10.0 Å². The lowest BCUT2D eigenvalue weighted by atomic mass is 9.81. The zero-order chi connectivity index (χ0) is 20.1. The summed E-state index contributed by atoms with van der Waals surface area (Å²) in [7, 11) is -1.55. The quantitative estimate of drug-likeness (QED) is 0.756. The van der Waals surface area contributed by atoms with Crippen LogP contribution in [0.15, 0.2) is 0 Å². The zero-order valence-corrected chi connectivity index (χ0v) is 17.7. The van der Waals surface area contributed by atoms with Crippen molar-refractivity contribution in [1.82, 2.24) is 14.5 Å². The van der Waals surface area contributed by atoms with Crippen LogP contribution in [0.1, 0.15) is 64.7 Å². The molecule has 1 aliphatic heterocycles. The summed E-state index contributed by atoms with van der Waals surface area (Å²) < 4.78 is 28.5. The molecule has 8 heteroatoms. The van der Waals surface area contributed by atoms with E-state index in [1.165, 1.54) is 0 Å². The van der Waals surface area contributed by atoms with Crippen molar-refractivity contribution < 1.29 is 13.2 Å². The van der Waals surface area contributed by atoms with Gasteiger partial charge >= 0.3 is 6.03 Å². The van der Waals surface area contributed by atoms with Crippen molar-refractivity contribution in [2.75, 3.05) is 13.6 Å². The van der Waals surface area contributed by atoms with Gasteiger partial charge in [-0.3, -0.25) is 0 Å². The number of urea groups is 1. The molecule has 7 nitrogen and oxygen atoms in total. The zero-order valence-electron chi connectivity index (χ0n) is 16.9. The van der Waals surface area contributed by atoms with E-state index in [0.29, 0.717) is 25.3 Å². The van der Waals surface area contributed by atoms with Crippen molar-refractivity contribution in [1.29, 1.82) is 5.26 Å². The van der Waals surface area contributed by atoms with Crippen LogP contribution in [-0.4, -0.2) is 60.7 Å². The molecule has 28 heavy (non-hydrogen) atoms. The average Bonchev–Trinajstić information content (AvgIpc) is 3.34. The first-order valence-electron chi connectivity index (χ1n) is 10.7. The van der Waals surface area contributed by atoms with E-state index in [1.807, 2.05) is 18.9 Å². The molecule has 4 rings (SSSR count). The number of nitrogens with one attached hydrogen (secondary N) is 1. The monoisotopic (exact) mass is 408 g/mol. The molecule has 2 amide bonds. The minimum absolute atomic E-state index is 0.0224. The van der Waals surface area contributed by atoms with Gasteiger partial charge < -0.3 is 9.80 Å². The first-order chi connectivity index (χ1) is 13.2. The van der Waals surface area contributed by atoms with Gasteiger partial charge in [0.05, 0.1) is 23.4 Å². The van der Waals surface area contributed by atoms with Gasteiger partial charge in [-0.2, -0.15) is 5.26 Å². The Kier molecular flexibility index (Phi) is 5.11. The largest absolute Gasteiger partial charge is 0.323 e. The number of hydrogen-bond donors (Lipinski definition) is 1. The summed E-state index contributed by atoms with van der Waals surface area (Å²) >= 11 is 0. The minimum atomic E-state index is -3.36. The molecule has 1 heterocycles. The van der Waals surface area contributed by atoms with Gasteiger partial charge in [0, 0.05) is 25.0 Å². The lowest BCUT2D eigenvalue weighted by Gasteiger charge is -2.37. The summed E-state index contributed by atoms with van der Waals surface area (Å²) in [5.41, 5.74) is -0.253. The number of nitrogens with zero attached hydrogens (tertiary/aromatic N) is 3. The molecule has 1 N–H and O–H groups in total. The fourth-order valence-corrected chi connectivity index (χ4v) is 7.38. The molecule has 0 spiro atoms. The van der Waals surface area contributed by atoms with E-state index in [1.54, 1.807) is 4.90 Å². The molecular weight excluding hydrogens is 376 g/mol. The number of rotatable bonds is 5. The third-order valence-corrected chi connectivity index (χ3v) is 9.51. The van der Waals surface area contributed by atoms with Crippen molar-refractivity contribution in [3.63, 3.8) is 0 Å². The number of nitriles is 1. The molecule has 1 saturated heterocycles.